The van der Waals surface area contributed by atoms with Crippen molar-refractivity contribution in [1.29, 1.82) is 0 Å². The summed E-state index contributed by atoms with van der Waals surface area (Å²) in [4.78, 5) is 11.4. The standard InChI is InChI=1S/C18H17O4/c1-13(19)22-16(9-7-14-5-3-2-4-6-14)15-8-10-17-18(11-15)21-12-20-17/h2-6,10-11,16H,7,9,12H2,1H3. The summed E-state index contributed by atoms with van der Waals surface area (Å²) >= 11 is 0. The molecule has 0 amide bonds. The topological polar surface area (TPSA) is 44.8 Å². The fourth-order valence-corrected chi connectivity index (χ4v) is 2.46. The van der Waals surface area contributed by atoms with Gasteiger partial charge < -0.3 is 14.2 Å². The summed E-state index contributed by atoms with van der Waals surface area (Å²) < 4.78 is 16.1. The first-order valence-corrected chi connectivity index (χ1v) is 7.25. The van der Waals surface area contributed by atoms with Crippen LogP contribution < -0.4 is 9.47 Å². The van der Waals surface area contributed by atoms with Gasteiger partial charge in [0.05, 0.1) is 0 Å². The van der Waals surface area contributed by atoms with Gasteiger partial charge in [0, 0.05) is 12.5 Å². The number of hydrogen-bond donors (Lipinski definition) is 0. The number of ether oxygens (including phenoxy) is 3. The zero-order valence-electron chi connectivity index (χ0n) is 12.4. The second-order valence-corrected chi connectivity index (χ2v) is 5.15. The molecule has 1 aliphatic rings. The highest BCUT2D eigenvalue weighted by Gasteiger charge is 2.20. The van der Waals surface area contributed by atoms with Crippen molar-refractivity contribution in [1.82, 2.24) is 0 Å². The lowest BCUT2D eigenvalue weighted by molar-refractivity contribution is -0.147. The van der Waals surface area contributed by atoms with Crippen LogP contribution in [0, 0.1) is 6.07 Å². The Morgan fingerprint density at radius 3 is 2.82 bits per heavy atom. The highest BCUT2D eigenvalue weighted by molar-refractivity contribution is 5.66. The van der Waals surface area contributed by atoms with Crippen LogP contribution in [-0.4, -0.2) is 12.8 Å². The molecule has 0 N–H and O–H groups in total. The molecule has 2 aromatic rings. The van der Waals surface area contributed by atoms with Gasteiger partial charge in [0.2, 0.25) is 6.79 Å². The Labute approximate surface area is 129 Å². The molecule has 1 atom stereocenters. The van der Waals surface area contributed by atoms with Crippen molar-refractivity contribution in [3.63, 3.8) is 0 Å². The van der Waals surface area contributed by atoms with E-state index in [2.05, 4.69) is 18.2 Å². The molecule has 113 valence electrons. The van der Waals surface area contributed by atoms with Crippen molar-refractivity contribution < 1.29 is 19.0 Å². The van der Waals surface area contributed by atoms with Crippen molar-refractivity contribution in [2.75, 3.05) is 6.79 Å². The lowest BCUT2D eigenvalue weighted by Crippen LogP contribution is -2.10. The number of carbonyl (C=O) groups is 1. The van der Waals surface area contributed by atoms with E-state index >= 15 is 0 Å². The predicted octanol–water partition coefficient (Wildman–Crippen LogP) is 3.45. The molecule has 0 aromatic heterocycles. The van der Waals surface area contributed by atoms with Crippen LogP contribution in [0.2, 0.25) is 0 Å². The number of rotatable bonds is 5. The van der Waals surface area contributed by atoms with Crippen LogP contribution in [0.15, 0.2) is 42.5 Å². The first-order valence-electron chi connectivity index (χ1n) is 7.25. The van der Waals surface area contributed by atoms with E-state index in [0.29, 0.717) is 17.9 Å². The summed E-state index contributed by atoms with van der Waals surface area (Å²) in [7, 11) is 0. The Morgan fingerprint density at radius 2 is 2.05 bits per heavy atom. The van der Waals surface area contributed by atoms with E-state index in [4.69, 9.17) is 14.2 Å². The van der Waals surface area contributed by atoms with Crippen LogP contribution in [0.4, 0.5) is 0 Å². The molecule has 0 bridgehead atoms. The highest BCUT2D eigenvalue weighted by Crippen LogP contribution is 2.35. The summed E-state index contributed by atoms with van der Waals surface area (Å²) in [6.45, 7) is 1.64. The van der Waals surface area contributed by atoms with Crippen LogP contribution in [0.1, 0.15) is 30.6 Å². The molecule has 2 aromatic carbocycles. The van der Waals surface area contributed by atoms with Crippen molar-refractivity contribution in [2.24, 2.45) is 0 Å². The number of fused-ring (bicyclic) bond motifs is 1. The molecule has 1 unspecified atom stereocenters. The Bertz CT molecular complexity index is 651. The smallest absolute Gasteiger partial charge is 0.303 e. The molecule has 1 aliphatic heterocycles. The van der Waals surface area contributed by atoms with Crippen LogP contribution in [-0.2, 0) is 16.0 Å². The minimum atomic E-state index is -0.341. The molecule has 0 saturated carbocycles. The monoisotopic (exact) mass is 297 g/mol. The first kappa shape index (κ1) is 14.4. The third-order valence-electron chi connectivity index (χ3n) is 3.52. The van der Waals surface area contributed by atoms with Gasteiger partial charge in [-0.15, -0.1) is 0 Å². The number of hydrogen-bond acceptors (Lipinski definition) is 4. The third kappa shape index (κ3) is 3.39. The number of carbonyl (C=O) groups excluding carboxylic acids is 1. The molecule has 3 rings (SSSR count). The fraction of sp³-hybridized carbons (Fsp3) is 0.278. The SMILES string of the molecule is CC(=O)OC(CCc1ccccc1)c1[c]cc2c(c1)OCO2. The van der Waals surface area contributed by atoms with E-state index in [0.717, 1.165) is 12.0 Å². The minimum absolute atomic E-state index is 0.217. The zero-order valence-corrected chi connectivity index (χ0v) is 12.4. The predicted molar refractivity (Wildman–Crippen MR) is 80.7 cm³/mol. The Kier molecular flexibility index (Phi) is 4.28. The van der Waals surface area contributed by atoms with E-state index in [1.165, 1.54) is 12.5 Å². The molecule has 0 aliphatic carbocycles. The summed E-state index contributed by atoms with van der Waals surface area (Å²) in [5, 5.41) is 0. The molecule has 0 saturated heterocycles. The maximum absolute atomic E-state index is 11.4. The zero-order chi connectivity index (χ0) is 15.4. The van der Waals surface area contributed by atoms with E-state index in [-0.39, 0.29) is 18.9 Å². The van der Waals surface area contributed by atoms with Crippen molar-refractivity contribution in [2.45, 2.75) is 25.9 Å². The Morgan fingerprint density at radius 1 is 1.27 bits per heavy atom. The molecule has 0 fully saturated rings. The van der Waals surface area contributed by atoms with E-state index in [9.17, 15) is 4.79 Å². The quantitative estimate of drug-likeness (QED) is 0.793. The normalized spacial score (nSPS) is 13.7. The van der Waals surface area contributed by atoms with Crippen LogP contribution in [0.5, 0.6) is 11.5 Å². The van der Waals surface area contributed by atoms with Gasteiger partial charge in [-0.3, -0.25) is 4.79 Å². The molecule has 1 heterocycles. The number of benzene rings is 2. The summed E-state index contributed by atoms with van der Waals surface area (Å²) in [6, 6.07) is 16.8. The van der Waals surface area contributed by atoms with Crippen molar-refractivity contribution in [3.05, 3.63) is 59.7 Å². The van der Waals surface area contributed by atoms with Crippen LogP contribution in [0.3, 0.4) is 0 Å². The van der Waals surface area contributed by atoms with E-state index in [1.54, 1.807) is 6.07 Å². The maximum atomic E-state index is 11.4. The van der Waals surface area contributed by atoms with Crippen molar-refractivity contribution >= 4 is 5.97 Å². The van der Waals surface area contributed by atoms with Gasteiger partial charge in [0.25, 0.3) is 0 Å². The van der Waals surface area contributed by atoms with Crippen LogP contribution in [0.25, 0.3) is 0 Å². The number of aryl methyl sites for hydroxylation is 1. The fourth-order valence-electron chi connectivity index (χ4n) is 2.46. The number of esters is 1. The maximum Gasteiger partial charge on any atom is 0.303 e. The van der Waals surface area contributed by atoms with Gasteiger partial charge in [-0.1, -0.05) is 30.3 Å². The molecule has 22 heavy (non-hydrogen) atoms. The average molecular weight is 297 g/mol. The Hall–Kier alpha value is -2.49. The van der Waals surface area contributed by atoms with Crippen LogP contribution >= 0.6 is 0 Å². The van der Waals surface area contributed by atoms with Gasteiger partial charge in [-0.2, -0.15) is 0 Å². The van der Waals surface area contributed by atoms with Gasteiger partial charge in [-0.05, 0) is 36.6 Å². The van der Waals surface area contributed by atoms with Gasteiger partial charge in [-0.25, -0.2) is 0 Å². The molecule has 1 radical (unpaired) electrons. The summed E-state index contributed by atoms with van der Waals surface area (Å²) in [5.74, 6) is 1.04. The van der Waals surface area contributed by atoms with Gasteiger partial charge in [0.1, 0.15) is 6.10 Å². The molecular formula is C18H17O4. The minimum Gasteiger partial charge on any atom is -0.458 e. The first-order chi connectivity index (χ1) is 10.7. The average Bonchev–Trinajstić information content (AvgIpc) is 2.99. The summed E-state index contributed by atoms with van der Waals surface area (Å²) in [5.41, 5.74) is 2.01. The molecule has 4 heteroatoms. The largest absolute Gasteiger partial charge is 0.458 e. The molecule has 0 spiro atoms. The summed E-state index contributed by atoms with van der Waals surface area (Å²) in [6.07, 6.45) is 1.17. The Balaban J connectivity index is 1.75. The lowest BCUT2D eigenvalue weighted by atomic mass is 10.0. The second kappa shape index (κ2) is 6.52. The molecular weight excluding hydrogens is 280 g/mol. The molecule has 4 nitrogen and oxygen atoms in total. The van der Waals surface area contributed by atoms with E-state index in [1.807, 2.05) is 24.3 Å². The van der Waals surface area contributed by atoms with Gasteiger partial charge in [0.15, 0.2) is 11.5 Å². The van der Waals surface area contributed by atoms with Gasteiger partial charge >= 0.3 is 5.97 Å². The second-order valence-electron chi connectivity index (χ2n) is 5.15. The van der Waals surface area contributed by atoms with E-state index < -0.39 is 0 Å². The van der Waals surface area contributed by atoms with Crippen molar-refractivity contribution in [3.8, 4) is 11.5 Å². The highest BCUT2D eigenvalue weighted by atomic mass is 16.7. The third-order valence-corrected chi connectivity index (χ3v) is 3.52. The lowest BCUT2D eigenvalue weighted by Gasteiger charge is -2.17.